The molecule has 5 heteroatoms. The predicted octanol–water partition coefficient (Wildman–Crippen LogP) is 7.10. The maximum absolute atomic E-state index is 15.9. The van der Waals surface area contributed by atoms with Gasteiger partial charge in [0.2, 0.25) is 0 Å². The molecule has 1 aliphatic rings. The van der Waals surface area contributed by atoms with Crippen LogP contribution in [0, 0.1) is 5.92 Å². The molecular weight excluding hydrogens is 478 g/mol. The van der Waals surface area contributed by atoms with Crippen molar-refractivity contribution in [2.45, 2.75) is 43.1 Å². The lowest BCUT2D eigenvalue weighted by molar-refractivity contribution is 0.510. The van der Waals surface area contributed by atoms with Crippen LogP contribution in [0.1, 0.15) is 29.5 Å². The molecule has 0 aliphatic heterocycles. The molecule has 0 heterocycles. The standard InChI is InChI=1S/C30H31Cl2FN2/c31-24-13-7-12-22(17-24)28-26(27(35)15-14-20-8-3-1-4-9-20)19-23(29(32)30(28)33)18-25(34)16-21-10-5-2-6-11-21/h1-13,17,19,25-27,29H,14-16,18,34-35H2/t25-,26?,27?,29?/m1/s1. The van der Waals surface area contributed by atoms with E-state index in [-0.39, 0.29) is 23.8 Å². The first-order valence-electron chi connectivity index (χ1n) is 12.0. The van der Waals surface area contributed by atoms with Crippen LogP contribution >= 0.6 is 23.2 Å². The number of benzene rings is 3. The van der Waals surface area contributed by atoms with Gasteiger partial charge in [-0.2, -0.15) is 0 Å². The first-order chi connectivity index (χ1) is 16.9. The average Bonchev–Trinajstić information content (AvgIpc) is 2.86. The zero-order valence-corrected chi connectivity index (χ0v) is 21.1. The highest BCUT2D eigenvalue weighted by atomic mass is 35.5. The zero-order chi connectivity index (χ0) is 24.8. The van der Waals surface area contributed by atoms with E-state index in [0.29, 0.717) is 35.4 Å². The molecule has 182 valence electrons. The van der Waals surface area contributed by atoms with E-state index in [1.54, 1.807) is 12.1 Å². The maximum atomic E-state index is 15.9. The molecule has 3 aromatic carbocycles. The number of halogens is 3. The van der Waals surface area contributed by atoms with Gasteiger partial charge in [0.05, 0.1) is 0 Å². The number of allylic oxidation sites excluding steroid dienone is 1. The van der Waals surface area contributed by atoms with Crippen molar-refractivity contribution >= 4 is 28.8 Å². The molecule has 2 nitrogen and oxygen atoms in total. The van der Waals surface area contributed by atoms with Crippen molar-refractivity contribution in [3.63, 3.8) is 0 Å². The van der Waals surface area contributed by atoms with Gasteiger partial charge in [0.15, 0.2) is 0 Å². The molecular formula is C30H31Cl2FN2. The van der Waals surface area contributed by atoms with E-state index in [9.17, 15) is 0 Å². The molecule has 0 radical (unpaired) electrons. The lowest BCUT2D eigenvalue weighted by atomic mass is 9.77. The Morgan fingerprint density at radius 2 is 1.49 bits per heavy atom. The van der Waals surface area contributed by atoms with Crippen LogP contribution in [0.2, 0.25) is 5.02 Å². The van der Waals surface area contributed by atoms with Gasteiger partial charge in [-0.15, -0.1) is 11.6 Å². The van der Waals surface area contributed by atoms with E-state index in [2.05, 4.69) is 18.2 Å². The zero-order valence-electron chi connectivity index (χ0n) is 19.6. The van der Waals surface area contributed by atoms with Crippen molar-refractivity contribution < 1.29 is 4.39 Å². The van der Waals surface area contributed by atoms with Crippen molar-refractivity contribution in [1.82, 2.24) is 0 Å². The van der Waals surface area contributed by atoms with Gasteiger partial charge in [0, 0.05) is 28.6 Å². The van der Waals surface area contributed by atoms with Crippen LogP contribution in [0.15, 0.2) is 102 Å². The van der Waals surface area contributed by atoms with Gasteiger partial charge in [0.1, 0.15) is 11.2 Å². The predicted molar refractivity (Wildman–Crippen MR) is 146 cm³/mol. The first-order valence-corrected chi connectivity index (χ1v) is 12.8. The fourth-order valence-corrected chi connectivity index (χ4v) is 5.27. The summed E-state index contributed by atoms with van der Waals surface area (Å²) in [7, 11) is 0. The van der Waals surface area contributed by atoms with Crippen LogP contribution in [0.5, 0.6) is 0 Å². The van der Waals surface area contributed by atoms with Crippen LogP contribution < -0.4 is 11.5 Å². The van der Waals surface area contributed by atoms with E-state index in [1.165, 1.54) is 5.56 Å². The van der Waals surface area contributed by atoms with E-state index in [0.717, 1.165) is 17.6 Å². The van der Waals surface area contributed by atoms with Crippen LogP contribution in [0.25, 0.3) is 5.57 Å². The fraction of sp³-hybridized carbons (Fsp3) is 0.267. The Bertz CT molecular complexity index is 1180. The Labute approximate surface area is 217 Å². The Hall–Kier alpha value is -2.43. The monoisotopic (exact) mass is 508 g/mol. The van der Waals surface area contributed by atoms with E-state index >= 15 is 4.39 Å². The lowest BCUT2D eigenvalue weighted by Gasteiger charge is -2.32. The molecule has 35 heavy (non-hydrogen) atoms. The van der Waals surface area contributed by atoms with Gasteiger partial charge in [-0.3, -0.25) is 0 Å². The van der Waals surface area contributed by atoms with Gasteiger partial charge in [-0.05, 0) is 60.1 Å². The minimum absolute atomic E-state index is 0.174. The first kappa shape index (κ1) is 25.7. The average molecular weight is 509 g/mol. The molecule has 1 aliphatic carbocycles. The molecule has 3 aromatic rings. The van der Waals surface area contributed by atoms with E-state index in [1.807, 2.05) is 60.7 Å². The SMILES string of the molecule is NC(CCc1ccccc1)C1C=C(C[C@H](N)Cc2ccccc2)C(Cl)C(F)=C1c1cccc(Cl)c1. The molecule has 0 fully saturated rings. The number of aryl methyl sites for hydroxylation is 1. The Balaban J connectivity index is 1.60. The van der Waals surface area contributed by atoms with Crippen molar-refractivity contribution in [1.29, 1.82) is 0 Å². The topological polar surface area (TPSA) is 52.0 Å². The number of alkyl halides is 1. The third-order valence-corrected chi connectivity index (χ3v) is 7.28. The Kier molecular flexibility index (Phi) is 8.80. The fourth-order valence-electron chi connectivity index (χ4n) is 4.80. The van der Waals surface area contributed by atoms with Crippen molar-refractivity contribution in [3.05, 3.63) is 124 Å². The molecule has 0 amide bonds. The van der Waals surface area contributed by atoms with Crippen LogP contribution in [0.4, 0.5) is 4.39 Å². The molecule has 0 saturated heterocycles. The third kappa shape index (κ3) is 6.62. The summed E-state index contributed by atoms with van der Waals surface area (Å²) in [5.41, 5.74) is 17.6. The molecule has 0 spiro atoms. The Morgan fingerprint density at radius 1 is 0.829 bits per heavy atom. The second kappa shape index (κ2) is 12.0. The van der Waals surface area contributed by atoms with Crippen LogP contribution in [-0.2, 0) is 12.8 Å². The smallest absolute Gasteiger partial charge is 0.126 e. The number of rotatable bonds is 9. The van der Waals surface area contributed by atoms with E-state index < -0.39 is 5.38 Å². The molecule has 0 saturated carbocycles. The summed E-state index contributed by atoms with van der Waals surface area (Å²) in [5, 5.41) is -0.325. The van der Waals surface area contributed by atoms with Gasteiger partial charge >= 0.3 is 0 Å². The van der Waals surface area contributed by atoms with Gasteiger partial charge in [0.25, 0.3) is 0 Å². The quantitative estimate of drug-likeness (QED) is 0.239. The van der Waals surface area contributed by atoms with E-state index in [4.69, 9.17) is 34.7 Å². The molecule has 0 bridgehead atoms. The Morgan fingerprint density at radius 3 is 2.14 bits per heavy atom. The summed E-state index contributed by atoms with van der Waals surface area (Å²) in [4.78, 5) is 0. The molecule has 4 atom stereocenters. The maximum Gasteiger partial charge on any atom is 0.126 e. The number of nitrogens with two attached hydrogens (primary N) is 2. The van der Waals surface area contributed by atoms with Gasteiger partial charge in [-0.1, -0.05) is 90.5 Å². The van der Waals surface area contributed by atoms with Gasteiger partial charge < -0.3 is 11.5 Å². The highest BCUT2D eigenvalue weighted by Gasteiger charge is 2.34. The summed E-state index contributed by atoms with van der Waals surface area (Å²) in [6.07, 6.45) is 4.76. The highest BCUT2D eigenvalue weighted by Crippen LogP contribution is 2.42. The van der Waals surface area contributed by atoms with Gasteiger partial charge in [-0.25, -0.2) is 4.39 Å². The third-order valence-electron chi connectivity index (χ3n) is 6.58. The molecule has 4 rings (SSSR count). The summed E-state index contributed by atoms with van der Waals surface area (Å²) < 4.78 is 15.9. The summed E-state index contributed by atoms with van der Waals surface area (Å²) in [6.45, 7) is 0. The van der Waals surface area contributed by atoms with Crippen molar-refractivity contribution in [3.8, 4) is 0 Å². The number of hydrogen-bond donors (Lipinski definition) is 2. The molecule has 3 unspecified atom stereocenters. The minimum Gasteiger partial charge on any atom is -0.327 e. The van der Waals surface area contributed by atoms with Crippen molar-refractivity contribution in [2.75, 3.05) is 0 Å². The number of hydrogen-bond acceptors (Lipinski definition) is 2. The van der Waals surface area contributed by atoms with Crippen LogP contribution in [-0.4, -0.2) is 17.5 Å². The summed E-state index contributed by atoms with van der Waals surface area (Å²) in [5.74, 6) is -0.690. The second-order valence-corrected chi connectivity index (χ2v) is 10.1. The minimum atomic E-state index is -0.872. The van der Waals surface area contributed by atoms with Crippen molar-refractivity contribution in [2.24, 2.45) is 17.4 Å². The summed E-state index contributed by atoms with van der Waals surface area (Å²) >= 11 is 12.9. The highest BCUT2D eigenvalue weighted by molar-refractivity contribution is 6.30. The normalized spacial score (nSPS) is 19.9. The second-order valence-electron chi connectivity index (χ2n) is 9.24. The lowest BCUT2D eigenvalue weighted by Crippen LogP contribution is -2.35. The molecule has 4 N–H and O–H groups in total. The molecule has 0 aromatic heterocycles. The largest absolute Gasteiger partial charge is 0.327 e. The van der Waals surface area contributed by atoms with Crippen LogP contribution in [0.3, 0.4) is 0 Å². The summed E-state index contributed by atoms with van der Waals surface area (Å²) in [6, 6.07) is 27.0.